The van der Waals surface area contributed by atoms with Gasteiger partial charge in [-0.05, 0) is 53.6 Å². The van der Waals surface area contributed by atoms with Gasteiger partial charge in [-0.1, -0.05) is 71.9 Å². The number of benzene rings is 4. The number of nitrogens with zero attached hydrogens (tertiary/aromatic N) is 3. The number of halogens is 2. The van der Waals surface area contributed by atoms with E-state index in [0.29, 0.717) is 35.5 Å². The summed E-state index contributed by atoms with van der Waals surface area (Å²) in [6, 6.07) is 27.5. The fraction of sp³-hybridized carbons (Fsp3) is 0.188. The third-order valence-electron chi connectivity index (χ3n) is 7.33. The van der Waals surface area contributed by atoms with Gasteiger partial charge >= 0.3 is 0 Å². The second-order valence-electron chi connectivity index (χ2n) is 9.96. The minimum atomic E-state index is -0.436. The highest BCUT2D eigenvalue weighted by Gasteiger charge is 2.30. The van der Waals surface area contributed by atoms with Crippen molar-refractivity contribution in [1.29, 1.82) is 0 Å². The summed E-state index contributed by atoms with van der Waals surface area (Å²) in [5.41, 5.74) is 3.63. The Hall–Kier alpha value is -3.65. The summed E-state index contributed by atoms with van der Waals surface area (Å²) >= 11 is 7.86. The fourth-order valence-electron chi connectivity index (χ4n) is 5.16. The van der Waals surface area contributed by atoms with Crippen LogP contribution in [0.1, 0.15) is 31.8 Å². The molecular formula is C32H27ClFN3O2S. The first-order valence-electron chi connectivity index (χ1n) is 13.2. The molecule has 0 N–H and O–H groups in total. The number of carbonyl (C=O) groups excluding carboxylic acids is 2. The summed E-state index contributed by atoms with van der Waals surface area (Å²) in [7, 11) is 0. The van der Waals surface area contributed by atoms with E-state index in [1.54, 1.807) is 17.0 Å². The van der Waals surface area contributed by atoms with Gasteiger partial charge in [-0.3, -0.25) is 14.5 Å². The van der Waals surface area contributed by atoms with Gasteiger partial charge in [0.25, 0.3) is 11.8 Å². The normalized spacial score (nSPS) is 15.4. The second-order valence-corrected chi connectivity index (χ2v) is 11.5. The topological polar surface area (TPSA) is 43.9 Å². The summed E-state index contributed by atoms with van der Waals surface area (Å²) in [6.45, 7) is 3.88. The molecule has 2 heterocycles. The molecule has 0 unspecified atom stereocenters. The molecule has 1 fully saturated rings. The van der Waals surface area contributed by atoms with E-state index in [1.807, 2.05) is 59.5 Å². The Kier molecular flexibility index (Phi) is 7.61. The van der Waals surface area contributed by atoms with Crippen LogP contribution in [-0.4, -0.2) is 47.8 Å². The SMILES string of the molecule is O=C(c1ccc2c(c1)N(Cc1ccc(F)cc1Cl)C(=O)c1ccccc1S2)N1CCN(Cc2ccccc2)CC1. The van der Waals surface area contributed by atoms with Gasteiger partial charge < -0.3 is 9.80 Å². The van der Waals surface area contributed by atoms with E-state index in [1.165, 1.54) is 29.5 Å². The predicted octanol–water partition coefficient (Wildman–Crippen LogP) is 6.75. The average Bonchev–Trinajstić information content (AvgIpc) is 3.09. The number of piperazine rings is 1. The van der Waals surface area contributed by atoms with Crippen molar-refractivity contribution in [3.8, 4) is 0 Å². The molecule has 1 saturated heterocycles. The van der Waals surface area contributed by atoms with Crippen LogP contribution in [0.15, 0.2) is 101 Å². The first kappa shape index (κ1) is 26.6. The fourth-order valence-corrected chi connectivity index (χ4v) is 6.45. The third kappa shape index (κ3) is 5.50. The van der Waals surface area contributed by atoms with E-state index in [0.717, 1.165) is 29.4 Å². The van der Waals surface area contributed by atoms with Gasteiger partial charge in [0, 0.05) is 53.1 Å². The number of hydrogen-bond acceptors (Lipinski definition) is 4. The van der Waals surface area contributed by atoms with E-state index in [-0.39, 0.29) is 23.4 Å². The maximum atomic E-state index is 13.8. The number of hydrogen-bond donors (Lipinski definition) is 0. The summed E-state index contributed by atoms with van der Waals surface area (Å²) in [4.78, 5) is 35.1. The van der Waals surface area contributed by atoms with Crippen LogP contribution in [-0.2, 0) is 13.1 Å². The molecule has 0 aromatic heterocycles. The Morgan fingerprint density at radius 1 is 0.825 bits per heavy atom. The summed E-state index contributed by atoms with van der Waals surface area (Å²) < 4.78 is 13.7. The highest BCUT2D eigenvalue weighted by atomic mass is 35.5. The van der Waals surface area contributed by atoms with E-state index in [9.17, 15) is 14.0 Å². The molecule has 0 aliphatic carbocycles. The van der Waals surface area contributed by atoms with Crippen LogP contribution in [0.3, 0.4) is 0 Å². The lowest BCUT2D eigenvalue weighted by Crippen LogP contribution is -2.48. The maximum Gasteiger partial charge on any atom is 0.259 e. The molecule has 2 amide bonds. The molecule has 4 aromatic rings. The zero-order valence-corrected chi connectivity index (χ0v) is 23.3. The number of anilines is 1. The molecule has 0 saturated carbocycles. The van der Waals surface area contributed by atoms with Crippen LogP contribution in [0.25, 0.3) is 0 Å². The molecule has 6 rings (SSSR count). The Balaban J connectivity index is 1.27. The van der Waals surface area contributed by atoms with Crippen molar-refractivity contribution in [1.82, 2.24) is 9.80 Å². The van der Waals surface area contributed by atoms with Crippen molar-refractivity contribution in [2.75, 3.05) is 31.1 Å². The van der Waals surface area contributed by atoms with Crippen molar-refractivity contribution in [2.45, 2.75) is 22.9 Å². The lowest BCUT2D eigenvalue weighted by atomic mass is 10.1. The molecule has 4 aromatic carbocycles. The van der Waals surface area contributed by atoms with Crippen LogP contribution in [0.5, 0.6) is 0 Å². The standard InChI is InChI=1S/C32H27ClFN3O2S/c33-27-19-25(34)12-10-24(27)21-37-28-18-23(11-13-30(28)40-29-9-5-4-8-26(29)32(37)39)31(38)36-16-14-35(15-17-36)20-22-6-2-1-3-7-22/h1-13,18-19H,14-17,20-21H2. The summed E-state index contributed by atoms with van der Waals surface area (Å²) in [5.74, 6) is -0.684. The number of fused-ring (bicyclic) bond motifs is 2. The van der Waals surface area contributed by atoms with E-state index in [4.69, 9.17) is 11.6 Å². The molecule has 8 heteroatoms. The minimum absolute atomic E-state index is 0.0545. The average molecular weight is 572 g/mol. The third-order valence-corrected chi connectivity index (χ3v) is 8.82. The van der Waals surface area contributed by atoms with Crippen molar-refractivity contribution >= 4 is 40.9 Å². The highest BCUT2D eigenvalue weighted by molar-refractivity contribution is 7.99. The Labute approximate surface area is 242 Å². The molecule has 5 nitrogen and oxygen atoms in total. The van der Waals surface area contributed by atoms with Gasteiger partial charge in [-0.15, -0.1) is 0 Å². The molecule has 0 atom stereocenters. The molecule has 0 radical (unpaired) electrons. The van der Waals surface area contributed by atoms with Gasteiger partial charge in [0.1, 0.15) is 5.82 Å². The van der Waals surface area contributed by atoms with Crippen LogP contribution >= 0.6 is 23.4 Å². The number of amides is 2. The zero-order chi connectivity index (χ0) is 27.6. The van der Waals surface area contributed by atoms with Gasteiger partial charge in [-0.25, -0.2) is 4.39 Å². The number of rotatable bonds is 5. The summed E-state index contributed by atoms with van der Waals surface area (Å²) in [5, 5.41) is 0.250. The van der Waals surface area contributed by atoms with Crippen molar-refractivity contribution in [3.63, 3.8) is 0 Å². The van der Waals surface area contributed by atoms with Crippen LogP contribution in [0.4, 0.5) is 10.1 Å². The monoisotopic (exact) mass is 571 g/mol. The Morgan fingerprint density at radius 2 is 1.57 bits per heavy atom. The van der Waals surface area contributed by atoms with Gasteiger partial charge in [0.15, 0.2) is 0 Å². The van der Waals surface area contributed by atoms with E-state index < -0.39 is 5.82 Å². The minimum Gasteiger partial charge on any atom is -0.336 e. The Bertz CT molecular complexity index is 1570. The van der Waals surface area contributed by atoms with E-state index >= 15 is 0 Å². The lowest BCUT2D eigenvalue weighted by molar-refractivity contribution is 0.0628. The number of carbonyl (C=O) groups is 2. The largest absolute Gasteiger partial charge is 0.336 e. The van der Waals surface area contributed by atoms with Crippen LogP contribution < -0.4 is 4.90 Å². The molecule has 2 aliphatic heterocycles. The van der Waals surface area contributed by atoms with Crippen molar-refractivity contribution < 1.29 is 14.0 Å². The molecule has 0 bridgehead atoms. The highest BCUT2D eigenvalue weighted by Crippen LogP contribution is 2.42. The van der Waals surface area contributed by atoms with Crippen molar-refractivity contribution in [2.24, 2.45) is 0 Å². The smallest absolute Gasteiger partial charge is 0.259 e. The molecule has 40 heavy (non-hydrogen) atoms. The lowest BCUT2D eigenvalue weighted by Gasteiger charge is -2.35. The Morgan fingerprint density at radius 3 is 2.35 bits per heavy atom. The predicted molar refractivity (Wildman–Crippen MR) is 157 cm³/mol. The molecule has 2 aliphatic rings. The van der Waals surface area contributed by atoms with Crippen LogP contribution in [0, 0.1) is 5.82 Å². The van der Waals surface area contributed by atoms with Gasteiger partial charge in [-0.2, -0.15) is 0 Å². The first-order valence-corrected chi connectivity index (χ1v) is 14.4. The quantitative estimate of drug-likeness (QED) is 0.266. The first-order chi connectivity index (χ1) is 19.5. The molecule has 202 valence electrons. The maximum absolute atomic E-state index is 13.8. The van der Waals surface area contributed by atoms with Crippen molar-refractivity contribution in [3.05, 3.63) is 124 Å². The molecular weight excluding hydrogens is 545 g/mol. The van der Waals surface area contributed by atoms with E-state index in [2.05, 4.69) is 17.0 Å². The van der Waals surface area contributed by atoms with Gasteiger partial charge in [0.05, 0.1) is 17.8 Å². The van der Waals surface area contributed by atoms with Gasteiger partial charge in [0.2, 0.25) is 0 Å². The summed E-state index contributed by atoms with van der Waals surface area (Å²) in [6.07, 6.45) is 0. The molecule has 0 spiro atoms. The van der Waals surface area contributed by atoms with Crippen LogP contribution in [0.2, 0.25) is 5.02 Å². The second kappa shape index (κ2) is 11.5. The zero-order valence-electron chi connectivity index (χ0n) is 21.7.